The van der Waals surface area contributed by atoms with Crippen LogP contribution in [0.15, 0.2) is 66.9 Å². The largest absolute Gasteiger partial charge is 0.495 e. The first-order valence-electron chi connectivity index (χ1n) is 8.74. The molecule has 27 heavy (non-hydrogen) atoms. The summed E-state index contributed by atoms with van der Waals surface area (Å²) >= 11 is 0. The summed E-state index contributed by atoms with van der Waals surface area (Å²) in [6, 6.07) is 19.4. The van der Waals surface area contributed by atoms with Gasteiger partial charge in [0, 0.05) is 19.8 Å². The molecular formula is C22H23N3O2. The molecule has 138 valence electrons. The molecule has 0 radical (unpaired) electrons. The zero-order valence-electron chi connectivity index (χ0n) is 15.8. The van der Waals surface area contributed by atoms with Gasteiger partial charge in [-0.2, -0.15) is 0 Å². The molecule has 0 fully saturated rings. The Balaban J connectivity index is 1.70. The number of hydrogen-bond acceptors (Lipinski definition) is 4. The highest BCUT2D eigenvalue weighted by Gasteiger charge is 2.13. The number of anilines is 2. The van der Waals surface area contributed by atoms with Crippen LogP contribution in [0.3, 0.4) is 0 Å². The van der Waals surface area contributed by atoms with Crippen LogP contribution < -0.4 is 10.1 Å². The highest BCUT2D eigenvalue weighted by molar-refractivity contribution is 5.94. The van der Waals surface area contributed by atoms with E-state index in [-0.39, 0.29) is 5.91 Å². The third-order valence-electron chi connectivity index (χ3n) is 4.24. The van der Waals surface area contributed by atoms with E-state index in [4.69, 9.17) is 4.74 Å². The summed E-state index contributed by atoms with van der Waals surface area (Å²) in [5, 5.41) is 3.24. The number of aromatic nitrogens is 1. The minimum Gasteiger partial charge on any atom is -0.495 e. The molecule has 1 aromatic heterocycles. The van der Waals surface area contributed by atoms with E-state index in [0.29, 0.717) is 17.9 Å². The summed E-state index contributed by atoms with van der Waals surface area (Å²) in [6.07, 6.45) is 1.59. The first-order chi connectivity index (χ1) is 13.1. The van der Waals surface area contributed by atoms with Crippen molar-refractivity contribution in [1.29, 1.82) is 0 Å². The number of nitrogens with zero attached hydrogens (tertiary/aromatic N) is 2. The van der Waals surface area contributed by atoms with Crippen LogP contribution in [0, 0.1) is 6.92 Å². The smallest absolute Gasteiger partial charge is 0.255 e. The molecule has 0 spiro atoms. The lowest BCUT2D eigenvalue weighted by Crippen LogP contribution is -2.26. The Hall–Kier alpha value is -3.34. The van der Waals surface area contributed by atoms with Crippen molar-refractivity contribution in [2.24, 2.45) is 0 Å². The van der Waals surface area contributed by atoms with Gasteiger partial charge in [0.25, 0.3) is 5.91 Å². The molecule has 1 amide bonds. The topological polar surface area (TPSA) is 54.5 Å². The Bertz CT molecular complexity index is 909. The number of carbonyl (C=O) groups excluding carboxylic acids is 1. The molecular weight excluding hydrogens is 338 g/mol. The maximum absolute atomic E-state index is 12.6. The van der Waals surface area contributed by atoms with Crippen LogP contribution >= 0.6 is 0 Å². The summed E-state index contributed by atoms with van der Waals surface area (Å²) in [5.74, 6) is 1.33. The standard InChI is InChI=1S/C22H23N3O2/c1-16-9-11-20(27-3)19(13-16)24-21-12-10-18(14-23-21)22(26)25(2)15-17-7-5-4-6-8-17/h4-14H,15H2,1-3H3,(H,23,24). The van der Waals surface area contributed by atoms with E-state index in [9.17, 15) is 4.79 Å². The molecule has 0 aliphatic carbocycles. The highest BCUT2D eigenvalue weighted by Crippen LogP contribution is 2.27. The molecule has 1 heterocycles. The van der Waals surface area contributed by atoms with Crippen LogP contribution in [0.2, 0.25) is 0 Å². The molecule has 0 saturated heterocycles. The van der Waals surface area contributed by atoms with Gasteiger partial charge in [-0.15, -0.1) is 0 Å². The summed E-state index contributed by atoms with van der Waals surface area (Å²) in [7, 11) is 3.42. The van der Waals surface area contributed by atoms with Gasteiger partial charge < -0.3 is 15.0 Å². The van der Waals surface area contributed by atoms with Crippen molar-refractivity contribution in [3.05, 3.63) is 83.6 Å². The Morgan fingerprint density at radius 1 is 1.11 bits per heavy atom. The summed E-state index contributed by atoms with van der Waals surface area (Å²) in [5.41, 5.74) is 3.60. The average molecular weight is 361 g/mol. The zero-order chi connectivity index (χ0) is 19.2. The lowest BCUT2D eigenvalue weighted by Gasteiger charge is -2.17. The minimum absolute atomic E-state index is 0.0639. The van der Waals surface area contributed by atoms with Crippen molar-refractivity contribution in [2.75, 3.05) is 19.5 Å². The molecule has 0 aliphatic rings. The molecule has 5 heteroatoms. The van der Waals surface area contributed by atoms with E-state index >= 15 is 0 Å². The average Bonchev–Trinajstić information content (AvgIpc) is 2.69. The van der Waals surface area contributed by atoms with E-state index in [0.717, 1.165) is 22.6 Å². The summed E-state index contributed by atoms with van der Waals surface area (Å²) in [6.45, 7) is 2.57. The van der Waals surface area contributed by atoms with Gasteiger partial charge in [0.15, 0.2) is 0 Å². The third kappa shape index (κ3) is 4.64. The van der Waals surface area contributed by atoms with Gasteiger partial charge in [-0.05, 0) is 42.3 Å². The number of amides is 1. The normalized spacial score (nSPS) is 10.3. The van der Waals surface area contributed by atoms with Gasteiger partial charge in [0.05, 0.1) is 18.4 Å². The number of rotatable bonds is 6. The van der Waals surface area contributed by atoms with Crippen molar-refractivity contribution in [3.63, 3.8) is 0 Å². The van der Waals surface area contributed by atoms with E-state index in [1.807, 2.05) is 55.5 Å². The first kappa shape index (κ1) is 18.5. The molecule has 0 bridgehead atoms. The van der Waals surface area contributed by atoms with Gasteiger partial charge in [0.2, 0.25) is 0 Å². The van der Waals surface area contributed by atoms with E-state index in [2.05, 4.69) is 10.3 Å². The lowest BCUT2D eigenvalue weighted by molar-refractivity contribution is 0.0784. The van der Waals surface area contributed by atoms with Crippen LogP contribution in [0.1, 0.15) is 21.5 Å². The van der Waals surface area contributed by atoms with Crippen LogP contribution in [-0.4, -0.2) is 29.9 Å². The Morgan fingerprint density at radius 2 is 1.89 bits per heavy atom. The van der Waals surface area contributed by atoms with Gasteiger partial charge in [0.1, 0.15) is 11.6 Å². The summed E-state index contributed by atoms with van der Waals surface area (Å²) < 4.78 is 5.37. The number of pyridine rings is 1. The van der Waals surface area contributed by atoms with Crippen molar-refractivity contribution in [1.82, 2.24) is 9.88 Å². The van der Waals surface area contributed by atoms with Crippen LogP contribution in [0.4, 0.5) is 11.5 Å². The first-order valence-corrected chi connectivity index (χ1v) is 8.74. The third-order valence-corrected chi connectivity index (χ3v) is 4.24. The molecule has 3 rings (SSSR count). The Kier molecular flexibility index (Phi) is 5.71. The quantitative estimate of drug-likeness (QED) is 0.706. The van der Waals surface area contributed by atoms with Crippen molar-refractivity contribution in [3.8, 4) is 5.75 Å². The number of carbonyl (C=O) groups is 1. The fourth-order valence-corrected chi connectivity index (χ4v) is 2.80. The fourth-order valence-electron chi connectivity index (χ4n) is 2.80. The highest BCUT2D eigenvalue weighted by atomic mass is 16.5. The minimum atomic E-state index is -0.0639. The molecule has 1 N–H and O–H groups in total. The second-order valence-corrected chi connectivity index (χ2v) is 6.41. The number of ether oxygens (including phenoxy) is 1. The van der Waals surface area contributed by atoms with Gasteiger partial charge >= 0.3 is 0 Å². The van der Waals surface area contributed by atoms with Crippen molar-refractivity contribution in [2.45, 2.75) is 13.5 Å². The second kappa shape index (κ2) is 8.36. The Morgan fingerprint density at radius 3 is 2.56 bits per heavy atom. The predicted molar refractivity (Wildman–Crippen MR) is 107 cm³/mol. The van der Waals surface area contributed by atoms with Crippen molar-refractivity contribution < 1.29 is 9.53 Å². The molecule has 0 unspecified atom stereocenters. The number of hydrogen-bond donors (Lipinski definition) is 1. The predicted octanol–water partition coefficient (Wildman–Crippen LogP) is 4.41. The number of aryl methyl sites for hydroxylation is 1. The van der Waals surface area contributed by atoms with E-state index < -0.39 is 0 Å². The second-order valence-electron chi connectivity index (χ2n) is 6.41. The van der Waals surface area contributed by atoms with Crippen LogP contribution in [0.25, 0.3) is 0 Å². The maximum atomic E-state index is 12.6. The van der Waals surface area contributed by atoms with Crippen molar-refractivity contribution >= 4 is 17.4 Å². The van der Waals surface area contributed by atoms with Crippen LogP contribution in [0.5, 0.6) is 5.75 Å². The van der Waals surface area contributed by atoms with Crippen LogP contribution in [-0.2, 0) is 6.54 Å². The molecule has 2 aromatic carbocycles. The van der Waals surface area contributed by atoms with Gasteiger partial charge in [-0.25, -0.2) is 4.98 Å². The van der Waals surface area contributed by atoms with Gasteiger partial charge in [-0.3, -0.25) is 4.79 Å². The molecule has 0 saturated carbocycles. The monoisotopic (exact) mass is 361 g/mol. The van der Waals surface area contributed by atoms with E-state index in [1.54, 1.807) is 37.4 Å². The Labute approximate surface area is 159 Å². The molecule has 0 atom stereocenters. The number of methoxy groups -OCH3 is 1. The molecule has 5 nitrogen and oxygen atoms in total. The number of benzene rings is 2. The molecule has 0 aliphatic heterocycles. The van der Waals surface area contributed by atoms with Gasteiger partial charge in [-0.1, -0.05) is 36.4 Å². The maximum Gasteiger partial charge on any atom is 0.255 e. The lowest BCUT2D eigenvalue weighted by atomic mass is 10.2. The molecule has 3 aromatic rings. The summed E-state index contributed by atoms with van der Waals surface area (Å²) in [4.78, 5) is 18.7. The SMILES string of the molecule is COc1ccc(C)cc1Nc1ccc(C(=O)N(C)Cc2ccccc2)cn1. The van der Waals surface area contributed by atoms with E-state index in [1.165, 1.54) is 0 Å². The number of nitrogens with one attached hydrogen (secondary N) is 1. The fraction of sp³-hybridized carbons (Fsp3) is 0.182. The zero-order valence-corrected chi connectivity index (χ0v) is 15.8.